The number of hydrogen-bond acceptors (Lipinski definition) is 0. The second-order valence-electron chi connectivity index (χ2n) is 3.53. The molecule has 2 atom stereocenters. The lowest BCUT2D eigenvalue weighted by atomic mass is 9.72. The molecule has 0 amide bonds. The Morgan fingerprint density at radius 1 is 1.19 bits per heavy atom. The SMILES string of the molecule is C=CC(F)(F)C(F)(F)[C@@H]1CC(F)(F)[C@]1(F)Cl. The Balaban J connectivity index is 3.02. The van der Waals surface area contributed by atoms with Crippen molar-refractivity contribution in [3.8, 4) is 0 Å². The predicted molar refractivity (Wildman–Crippen MR) is 42.8 cm³/mol. The van der Waals surface area contributed by atoms with Crippen LogP contribution in [0.15, 0.2) is 12.7 Å². The van der Waals surface area contributed by atoms with Crippen LogP contribution in [0.3, 0.4) is 0 Å². The Morgan fingerprint density at radius 3 is 1.88 bits per heavy atom. The van der Waals surface area contributed by atoms with Crippen molar-refractivity contribution in [1.82, 2.24) is 0 Å². The van der Waals surface area contributed by atoms with E-state index in [0.717, 1.165) is 0 Å². The number of hydrogen-bond donors (Lipinski definition) is 0. The maximum Gasteiger partial charge on any atom is 0.328 e. The fourth-order valence-electron chi connectivity index (χ4n) is 1.37. The zero-order valence-electron chi connectivity index (χ0n) is 7.59. The molecule has 0 aromatic carbocycles. The van der Waals surface area contributed by atoms with E-state index in [9.17, 15) is 30.7 Å². The molecule has 1 aliphatic rings. The van der Waals surface area contributed by atoms with Crippen molar-refractivity contribution < 1.29 is 30.7 Å². The third-order valence-electron chi connectivity index (χ3n) is 2.52. The molecule has 0 bridgehead atoms. The molecule has 0 aromatic rings. The maximum absolute atomic E-state index is 13.0. The first kappa shape index (κ1) is 13.6. The molecule has 0 radical (unpaired) electrons. The summed E-state index contributed by atoms with van der Waals surface area (Å²) < 4.78 is 89.3. The van der Waals surface area contributed by atoms with Crippen LogP contribution in [0.4, 0.5) is 30.7 Å². The molecule has 8 heteroatoms. The number of halogens is 8. The summed E-state index contributed by atoms with van der Waals surface area (Å²) in [5.41, 5.74) is 0. The topological polar surface area (TPSA) is 0 Å². The first-order valence-corrected chi connectivity index (χ1v) is 4.43. The quantitative estimate of drug-likeness (QED) is 0.413. The van der Waals surface area contributed by atoms with Crippen LogP contribution in [0, 0.1) is 5.92 Å². The van der Waals surface area contributed by atoms with E-state index in [1.54, 1.807) is 0 Å². The molecule has 1 saturated carbocycles. The van der Waals surface area contributed by atoms with Crippen LogP contribution in [0.2, 0.25) is 0 Å². The lowest BCUT2D eigenvalue weighted by Crippen LogP contribution is -2.67. The summed E-state index contributed by atoms with van der Waals surface area (Å²) in [6, 6.07) is 0. The Hall–Kier alpha value is -0.460. The van der Waals surface area contributed by atoms with E-state index in [-0.39, 0.29) is 0 Å². The summed E-state index contributed by atoms with van der Waals surface area (Å²) in [5, 5.41) is -4.16. The van der Waals surface area contributed by atoms with Gasteiger partial charge in [0.05, 0.1) is 5.92 Å². The number of alkyl halides is 8. The van der Waals surface area contributed by atoms with Gasteiger partial charge in [-0.3, -0.25) is 0 Å². The van der Waals surface area contributed by atoms with E-state index >= 15 is 0 Å². The summed E-state index contributed by atoms with van der Waals surface area (Å²) in [4.78, 5) is 0. The highest BCUT2D eigenvalue weighted by Crippen LogP contribution is 2.64. The monoisotopic (exact) mass is 270 g/mol. The number of allylic oxidation sites excluding steroid dienone is 1. The smallest absolute Gasteiger partial charge is 0.219 e. The van der Waals surface area contributed by atoms with E-state index in [0.29, 0.717) is 0 Å². The molecule has 94 valence electrons. The summed E-state index contributed by atoms with van der Waals surface area (Å²) in [7, 11) is 0. The van der Waals surface area contributed by atoms with Crippen molar-refractivity contribution in [3.63, 3.8) is 0 Å². The highest BCUT2D eigenvalue weighted by Gasteiger charge is 2.80. The summed E-state index contributed by atoms with van der Waals surface area (Å²) >= 11 is 4.55. The first-order chi connectivity index (χ1) is 6.90. The molecular formula is C8H6ClF7. The fourth-order valence-corrected chi connectivity index (χ4v) is 1.66. The molecule has 1 fully saturated rings. The zero-order chi connectivity index (χ0) is 13.0. The molecule has 0 spiro atoms. The van der Waals surface area contributed by atoms with E-state index in [1.165, 1.54) is 0 Å². The molecule has 0 heterocycles. The van der Waals surface area contributed by atoms with Gasteiger partial charge in [0.1, 0.15) is 0 Å². The van der Waals surface area contributed by atoms with Crippen molar-refractivity contribution in [2.75, 3.05) is 0 Å². The molecule has 1 rings (SSSR count). The predicted octanol–water partition coefficient (Wildman–Crippen LogP) is 4.00. The Morgan fingerprint density at radius 2 is 1.62 bits per heavy atom. The van der Waals surface area contributed by atoms with Crippen LogP contribution in [-0.4, -0.2) is 22.9 Å². The average Bonchev–Trinajstić information content (AvgIpc) is 2.13. The van der Waals surface area contributed by atoms with Crippen LogP contribution in [0.5, 0.6) is 0 Å². The fraction of sp³-hybridized carbons (Fsp3) is 0.750. The van der Waals surface area contributed by atoms with Gasteiger partial charge in [-0.2, -0.15) is 17.6 Å². The van der Waals surface area contributed by atoms with Gasteiger partial charge in [0.25, 0.3) is 11.1 Å². The van der Waals surface area contributed by atoms with Crippen molar-refractivity contribution in [3.05, 3.63) is 12.7 Å². The highest BCUT2D eigenvalue weighted by atomic mass is 35.5. The summed E-state index contributed by atoms with van der Waals surface area (Å²) in [6.07, 6.45) is -2.15. The van der Waals surface area contributed by atoms with Crippen molar-refractivity contribution in [2.24, 2.45) is 5.92 Å². The Labute approximate surface area is 91.1 Å². The van der Waals surface area contributed by atoms with Gasteiger partial charge in [-0.15, -0.1) is 0 Å². The standard InChI is InChI=1S/C8H6ClF7/c1-2-5(10,11)8(15,16)4-3-6(12,13)7(4,9)14/h2,4H,1,3H2/t4-,7+/m1/s1. The third kappa shape index (κ3) is 1.51. The van der Waals surface area contributed by atoms with Crippen LogP contribution < -0.4 is 0 Å². The van der Waals surface area contributed by atoms with Crippen LogP contribution >= 0.6 is 11.6 Å². The van der Waals surface area contributed by atoms with Gasteiger partial charge in [-0.05, 0) is 6.08 Å². The van der Waals surface area contributed by atoms with E-state index in [1.807, 2.05) is 0 Å². The van der Waals surface area contributed by atoms with Gasteiger partial charge in [-0.1, -0.05) is 18.2 Å². The minimum atomic E-state index is -5.01. The molecule has 0 aliphatic heterocycles. The lowest BCUT2D eigenvalue weighted by Gasteiger charge is -2.49. The zero-order valence-corrected chi connectivity index (χ0v) is 8.35. The van der Waals surface area contributed by atoms with Gasteiger partial charge in [0.15, 0.2) is 0 Å². The van der Waals surface area contributed by atoms with E-state index in [4.69, 9.17) is 0 Å². The van der Waals surface area contributed by atoms with Crippen LogP contribution in [0.25, 0.3) is 0 Å². The Bertz CT molecular complexity index is 310. The first-order valence-electron chi connectivity index (χ1n) is 4.05. The molecular weight excluding hydrogens is 265 g/mol. The number of rotatable bonds is 3. The molecule has 1 aliphatic carbocycles. The minimum Gasteiger partial charge on any atom is -0.219 e. The second kappa shape index (κ2) is 3.27. The normalized spacial score (nSPS) is 34.4. The average molecular weight is 271 g/mol. The summed E-state index contributed by atoms with van der Waals surface area (Å²) in [5.74, 6) is -17.0. The maximum atomic E-state index is 13.0. The Kier molecular flexibility index (Phi) is 2.78. The van der Waals surface area contributed by atoms with E-state index in [2.05, 4.69) is 18.2 Å². The van der Waals surface area contributed by atoms with Crippen molar-refractivity contribution >= 4 is 11.6 Å². The third-order valence-corrected chi connectivity index (χ3v) is 3.06. The van der Waals surface area contributed by atoms with Crippen molar-refractivity contribution in [1.29, 1.82) is 0 Å². The van der Waals surface area contributed by atoms with Crippen molar-refractivity contribution in [2.45, 2.75) is 29.3 Å². The van der Waals surface area contributed by atoms with Crippen LogP contribution in [-0.2, 0) is 0 Å². The van der Waals surface area contributed by atoms with Gasteiger partial charge in [-0.25, -0.2) is 13.2 Å². The summed E-state index contributed by atoms with van der Waals surface area (Å²) in [6.45, 7) is 2.44. The van der Waals surface area contributed by atoms with E-state index < -0.39 is 41.3 Å². The van der Waals surface area contributed by atoms with Gasteiger partial charge in [0, 0.05) is 6.42 Å². The molecule has 0 saturated heterocycles. The lowest BCUT2D eigenvalue weighted by molar-refractivity contribution is -0.309. The highest BCUT2D eigenvalue weighted by molar-refractivity contribution is 6.24. The van der Waals surface area contributed by atoms with Gasteiger partial charge in [0.2, 0.25) is 0 Å². The largest absolute Gasteiger partial charge is 0.328 e. The molecule has 0 N–H and O–H groups in total. The molecule has 16 heavy (non-hydrogen) atoms. The van der Waals surface area contributed by atoms with Gasteiger partial charge >= 0.3 is 11.8 Å². The van der Waals surface area contributed by atoms with Gasteiger partial charge < -0.3 is 0 Å². The van der Waals surface area contributed by atoms with Crippen LogP contribution in [0.1, 0.15) is 6.42 Å². The molecule has 0 unspecified atom stereocenters. The minimum absolute atomic E-state index is 0.420. The molecule has 0 aromatic heterocycles. The second-order valence-corrected chi connectivity index (χ2v) is 4.08. The molecule has 0 nitrogen and oxygen atoms in total.